The topological polar surface area (TPSA) is 53.6 Å². The zero-order chi connectivity index (χ0) is 19.8. The van der Waals surface area contributed by atoms with Gasteiger partial charge in [-0.2, -0.15) is 0 Å². The van der Waals surface area contributed by atoms with Gasteiger partial charge in [-0.1, -0.05) is 30.3 Å². The van der Waals surface area contributed by atoms with E-state index in [1.807, 2.05) is 6.07 Å². The zero-order valence-corrected chi connectivity index (χ0v) is 16.9. The van der Waals surface area contributed by atoms with Crippen LogP contribution in [0.4, 0.5) is 8.78 Å². The van der Waals surface area contributed by atoms with Gasteiger partial charge in [0, 0.05) is 44.4 Å². The normalized spacial score (nSPS) is 15.2. The second-order valence-corrected chi connectivity index (χ2v) is 6.72. The second-order valence-electron chi connectivity index (χ2n) is 6.72. The van der Waals surface area contributed by atoms with Gasteiger partial charge in [0.1, 0.15) is 5.75 Å². The van der Waals surface area contributed by atoms with E-state index in [1.165, 1.54) is 6.07 Å². The maximum Gasteiger partial charge on any atom is 0.265 e. The van der Waals surface area contributed by atoms with Crippen LogP contribution < -0.4 is 15.4 Å². The molecular weight excluding hydrogens is 400 g/mol. The third-order valence-electron chi connectivity index (χ3n) is 4.65. The molecule has 0 aromatic heterocycles. The van der Waals surface area contributed by atoms with Crippen molar-refractivity contribution in [2.75, 3.05) is 39.3 Å². The Kier molecular flexibility index (Phi) is 9.31. The van der Waals surface area contributed by atoms with Crippen LogP contribution in [0.1, 0.15) is 18.1 Å². The SMILES string of the molecule is Cl.O=C(NCCCN1CCNCC1)C(Oc1ccc(F)c(F)c1)c1ccccc1. The first-order valence-corrected chi connectivity index (χ1v) is 9.51. The summed E-state index contributed by atoms with van der Waals surface area (Å²) in [5.41, 5.74) is 0.645. The van der Waals surface area contributed by atoms with E-state index in [1.54, 1.807) is 24.3 Å². The Hall–Kier alpha value is -2.22. The lowest BCUT2D eigenvalue weighted by Gasteiger charge is -2.27. The minimum atomic E-state index is -1.01. The maximum absolute atomic E-state index is 13.5. The Morgan fingerprint density at radius 1 is 1.10 bits per heavy atom. The van der Waals surface area contributed by atoms with Gasteiger partial charge in [-0.3, -0.25) is 4.79 Å². The standard InChI is InChI=1S/C21H25F2N3O2.ClH/c22-18-8-7-17(15-19(18)23)28-20(16-5-2-1-3-6-16)21(27)25-9-4-12-26-13-10-24-11-14-26;/h1-3,5-8,15,20,24H,4,9-14H2,(H,25,27);1H. The van der Waals surface area contributed by atoms with E-state index in [0.717, 1.165) is 51.3 Å². The largest absolute Gasteiger partial charge is 0.476 e. The number of hydrogen-bond donors (Lipinski definition) is 2. The summed E-state index contributed by atoms with van der Waals surface area (Å²) in [6.07, 6.45) is -0.108. The number of halogens is 3. The third kappa shape index (κ3) is 6.96. The van der Waals surface area contributed by atoms with Gasteiger partial charge in [-0.05, 0) is 25.1 Å². The molecule has 0 radical (unpaired) electrons. The molecule has 1 saturated heterocycles. The monoisotopic (exact) mass is 425 g/mol. The van der Waals surface area contributed by atoms with E-state index in [-0.39, 0.29) is 24.1 Å². The lowest BCUT2D eigenvalue weighted by atomic mass is 10.1. The van der Waals surface area contributed by atoms with Crippen molar-refractivity contribution in [2.24, 2.45) is 0 Å². The first-order chi connectivity index (χ1) is 13.6. The minimum Gasteiger partial charge on any atom is -0.476 e. The van der Waals surface area contributed by atoms with Gasteiger partial charge >= 0.3 is 0 Å². The number of nitrogens with one attached hydrogen (secondary N) is 2. The molecule has 5 nitrogen and oxygen atoms in total. The molecule has 1 atom stereocenters. The van der Waals surface area contributed by atoms with Crippen LogP contribution in [0, 0.1) is 11.6 Å². The first kappa shape index (κ1) is 23.1. The molecule has 1 unspecified atom stereocenters. The van der Waals surface area contributed by atoms with Gasteiger partial charge in [-0.25, -0.2) is 8.78 Å². The molecule has 2 aromatic rings. The summed E-state index contributed by atoms with van der Waals surface area (Å²) in [5, 5.41) is 6.20. The number of amides is 1. The molecule has 1 aliphatic heterocycles. The van der Waals surface area contributed by atoms with Gasteiger partial charge in [0.2, 0.25) is 6.10 Å². The highest BCUT2D eigenvalue weighted by Gasteiger charge is 2.23. The van der Waals surface area contributed by atoms with Crippen molar-refractivity contribution in [3.05, 3.63) is 65.7 Å². The minimum absolute atomic E-state index is 0. The van der Waals surface area contributed by atoms with Crippen LogP contribution >= 0.6 is 12.4 Å². The Labute approximate surface area is 175 Å². The molecule has 29 heavy (non-hydrogen) atoms. The number of carbonyl (C=O) groups is 1. The van der Waals surface area contributed by atoms with Gasteiger partial charge in [0.05, 0.1) is 0 Å². The number of nitrogens with zero attached hydrogens (tertiary/aromatic N) is 1. The first-order valence-electron chi connectivity index (χ1n) is 9.51. The summed E-state index contributed by atoms with van der Waals surface area (Å²) in [4.78, 5) is 15.1. The Balaban J connectivity index is 0.00000300. The van der Waals surface area contributed by atoms with Crippen molar-refractivity contribution in [2.45, 2.75) is 12.5 Å². The van der Waals surface area contributed by atoms with Crippen LogP contribution in [-0.2, 0) is 4.79 Å². The predicted octanol–water partition coefficient (Wildman–Crippen LogP) is 2.92. The predicted molar refractivity (Wildman–Crippen MR) is 110 cm³/mol. The van der Waals surface area contributed by atoms with E-state index >= 15 is 0 Å². The van der Waals surface area contributed by atoms with Crippen molar-refractivity contribution in [3.8, 4) is 5.75 Å². The number of ether oxygens (including phenoxy) is 1. The van der Waals surface area contributed by atoms with Crippen molar-refractivity contribution in [3.63, 3.8) is 0 Å². The molecular formula is C21H26ClF2N3O2. The fraction of sp³-hybridized carbons (Fsp3) is 0.381. The number of rotatable bonds is 8. The van der Waals surface area contributed by atoms with E-state index in [9.17, 15) is 13.6 Å². The molecule has 1 aliphatic rings. The summed E-state index contributed by atoms with van der Waals surface area (Å²) in [6.45, 7) is 5.45. The summed E-state index contributed by atoms with van der Waals surface area (Å²) in [5.74, 6) is -2.18. The zero-order valence-electron chi connectivity index (χ0n) is 16.1. The maximum atomic E-state index is 13.5. The van der Waals surface area contributed by atoms with Crippen molar-refractivity contribution in [1.82, 2.24) is 15.5 Å². The second kappa shape index (κ2) is 11.7. The molecule has 1 fully saturated rings. The summed E-state index contributed by atoms with van der Waals surface area (Å²) < 4.78 is 32.4. The van der Waals surface area contributed by atoms with Crippen LogP contribution in [0.15, 0.2) is 48.5 Å². The number of benzene rings is 2. The summed E-state index contributed by atoms with van der Waals surface area (Å²) in [6, 6.07) is 12.2. The molecule has 0 saturated carbocycles. The van der Waals surface area contributed by atoms with Crippen molar-refractivity contribution >= 4 is 18.3 Å². The van der Waals surface area contributed by atoms with Gasteiger partial charge in [0.25, 0.3) is 5.91 Å². The molecule has 2 N–H and O–H groups in total. The fourth-order valence-corrected chi connectivity index (χ4v) is 3.13. The highest BCUT2D eigenvalue weighted by Crippen LogP contribution is 2.24. The number of carbonyl (C=O) groups excluding carboxylic acids is 1. The Bertz CT molecular complexity index is 774. The van der Waals surface area contributed by atoms with Crippen LogP contribution in [0.3, 0.4) is 0 Å². The molecule has 1 heterocycles. The highest BCUT2D eigenvalue weighted by atomic mass is 35.5. The van der Waals surface area contributed by atoms with Crippen LogP contribution in [0.2, 0.25) is 0 Å². The van der Waals surface area contributed by atoms with E-state index in [2.05, 4.69) is 15.5 Å². The highest BCUT2D eigenvalue weighted by molar-refractivity contribution is 5.85. The van der Waals surface area contributed by atoms with Gasteiger partial charge in [-0.15, -0.1) is 12.4 Å². The van der Waals surface area contributed by atoms with Crippen molar-refractivity contribution < 1.29 is 18.3 Å². The lowest BCUT2D eigenvalue weighted by molar-refractivity contribution is -0.128. The van der Waals surface area contributed by atoms with Crippen LogP contribution in [0.25, 0.3) is 0 Å². The lowest BCUT2D eigenvalue weighted by Crippen LogP contribution is -2.44. The quantitative estimate of drug-likeness (QED) is 0.638. The van der Waals surface area contributed by atoms with Crippen LogP contribution in [0.5, 0.6) is 5.75 Å². The smallest absolute Gasteiger partial charge is 0.265 e. The molecule has 1 amide bonds. The fourth-order valence-electron chi connectivity index (χ4n) is 3.13. The summed E-state index contributed by atoms with van der Waals surface area (Å²) in [7, 11) is 0. The Morgan fingerprint density at radius 2 is 1.83 bits per heavy atom. The molecule has 0 spiro atoms. The molecule has 2 aromatic carbocycles. The van der Waals surface area contributed by atoms with Crippen molar-refractivity contribution in [1.29, 1.82) is 0 Å². The molecule has 3 rings (SSSR count). The van der Waals surface area contributed by atoms with E-state index < -0.39 is 17.7 Å². The van der Waals surface area contributed by atoms with E-state index in [0.29, 0.717) is 12.1 Å². The summed E-state index contributed by atoms with van der Waals surface area (Å²) >= 11 is 0. The van der Waals surface area contributed by atoms with Gasteiger partial charge < -0.3 is 20.3 Å². The Morgan fingerprint density at radius 3 is 2.52 bits per heavy atom. The molecule has 0 bridgehead atoms. The average molecular weight is 426 g/mol. The van der Waals surface area contributed by atoms with Gasteiger partial charge in [0.15, 0.2) is 11.6 Å². The average Bonchev–Trinajstić information content (AvgIpc) is 2.73. The van der Waals surface area contributed by atoms with Crippen LogP contribution in [-0.4, -0.2) is 50.1 Å². The number of piperazine rings is 1. The molecule has 8 heteroatoms. The molecule has 158 valence electrons. The molecule has 0 aliphatic carbocycles. The number of hydrogen-bond acceptors (Lipinski definition) is 4. The third-order valence-corrected chi connectivity index (χ3v) is 4.65. The van der Waals surface area contributed by atoms with E-state index in [4.69, 9.17) is 4.74 Å².